The van der Waals surface area contributed by atoms with Gasteiger partial charge in [-0.2, -0.15) is 0 Å². The molecule has 5 atom stereocenters. The highest BCUT2D eigenvalue weighted by molar-refractivity contribution is 5.98. The van der Waals surface area contributed by atoms with Gasteiger partial charge < -0.3 is 24.4 Å². The maximum atomic E-state index is 14.4. The second-order valence-corrected chi connectivity index (χ2v) is 11.4. The second-order valence-electron chi connectivity index (χ2n) is 11.4. The van der Waals surface area contributed by atoms with Crippen LogP contribution in [0.4, 0.5) is 0 Å². The molecule has 1 N–H and O–H groups in total. The number of esters is 1. The fourth-order valence-corrected chi connectivity index (χ4v) is 7.28. The van der Waals surface area contributed by atoms with E-state index >= 15 is 0 Å². The Hall–Kier alpha value is -2.19. The van der Waals surface area contributed by atoms with Gasteiger partial charge in [0.2, 0.25) is 11.8 Å². The van der Waals surface area contributed by atoms with E-state index in [9.17, 15) is 19.5 Å². The smallest absolute Gasteiger partial charge is 0.312 e. The van der Waals surface area contributed by atoms with E-state index in [1.807, 2.05) is 11.0 Å². The maximum absolute atomic E-state index is 14.4. The Balaban J connectivity index is 1.59. The zero-order valence-electron chi connectivity index (χ0n) is 22.9. The van der Waals surface area contributed by atoms with Crippen molar-refractivity contribution in [3.05, 3.63) is 25.3 Å². The van der Waals surface area contributed by atoms with E-state index in [1.54, 1.807) is 11.0 Å². The minimum absolute atomic E-state index is 0.0751. The first kappa shape index (κ1) is 28.8. The van der Waals surface area contributed by atoms with Crippen molar-refractivity contribution in [2.75, 3.05) is 26.3 Å². The number of likely N-dealkylation sites (tertiary alicyclic amines) is 1. The van der Waals surface area contributed by atoms with E-state index in [4.69, 9.17) is 9.47 Å². The number of carbonyl (C=O) groups excluding carboxylic acids is 3. The molecule has 1 spiro atoms. The fourth-order valence-electron chi connectivity index (χ4n) is 7.28. The Morgan fingerprint density at radius 3 is 2.58 bits per heavy atom. The first-order valence-electron chi connectivity index (χ1n) is 14.8. The van der Waals surface area contributed by atoms with Gasteiger partial charge in [-0.1, -0.05) is 31.4 Å². The molecule has 3 heterocycles. The number of allylic oxidation sites excluding steroid dienone is 1. The van der Waals surface area contributed by atoms with Crippen LogP contribution < -0.4 is 0 Å². The summed E-state index contributed by atoms with van der Waals surface area (Å²) in [4.78, 5) is 45.3. The Labute approximate surface area is 227 Å². The summed E-state index contributed by atoms with van der Waals surface area (Å²) in [6.07, 6.45) is 14.3. The number of aliphatic hydroxyl groups excluding tert-OH is 1. The molecule has 38 heavy (non-hydrogen) atoms. The van der Waals surface area contributed by atoms with Crippen molar-refractivity contribution in [3.63, 3.8) is 0 Å². The lowest BCUT2D eigenvalue weighted by Gasteiger charge is -2.40. The van der Waals surface area contributed by atoms with E-state index in [1.165, 1.54) is 6.42 Å². The number of rotatable bonds is 15. The lowest BCUT2D eigenvalue weighted by atomic mass is 9.70. The summed E-state index contributed by atoms with van der Waals surface area (Å²) in [5.41, 5.74) is -0.990. The molecule has 2 bridgehead atoms. The van der Waals surface area contributed by atoms with Crippen molar-refractivity contribution < 1.29 is 29.0 Å². The third-order valence-corrected chi connectivity index (χ3v) is 9.03. The Bertz CT molecular complexity index is 871. The van der Waals surface area contributed by atoms with Crippen LogP contribution in [-0.4, -0.2) is 82.8 Å². The third kappa shape index (κ3) is 5.57. The molecule has 4 rings (SSSR count). The molecule has 4 fully saturated rings. The molecule has 3 aliphatic heterocycles. The van der Waals surface area contributed by atoms with E-state index in [2.05, 4.69) is 13.2 Å². The summed E-state index contributed by atoms with van der Waals surface area (Å²) in [5.74, 6) is -1.97. The first-order valence-corrected chi connectivity index (χ1v) is 14.8. The molecule has 2 amide bonds. The zero-order chi connectivity index (χ0) is 27.1. The third-order valence-electron chi connectivity index (χ3n) is 9.03. The van der Waals surface area contributed by atoms with Crippen LogP contribution >= 0.6 is 0 Å². The highest BCUT2D eigenvalue weighted by Crippen LogP contribution is 2.59. The molecule has 0 aromatic rings. The largest absolute Gasteiger partial charge is 0.465 e. The second kappa shape index (κ2) is 13.2. The molecule has 8 heteroatoms. The van der Waals surface area contributed by atoms with E-state index in [0.29, 0.717) is 45.4 Å². The number of carbonyl (C=O) groups is 3. The van der Waals surface area contributed by atoms with Crippen LogP contribution in [-0.2, 0) is 23.9 Å². The van der Waals surface area contributed by atoms with Crippen LogP contribution in [0.2, 0.25) is 0 Å². The van der Waals surface area contributed by atoms with E-state index < -0.39 is 23.5 Å². The average molecular weight is 531 g/mol. The Morgan fingerprint density at radius 1 is 1.08 bits per heavy atom. The van der Waals surface area contributed by atoms with Crippen LogP contribution in [0.5, 0.6) is 0 Å². The van der Waals surface area contributed by atoms with Crippen LogP contribution in [0.1, 0.15) is 83.5 Å². The molecule has 1 aliphatic carbocycles. The highest BCUT2D eigenvalue weighted by Gasteiger charge is 2.75. The lowest BCUT2D eigenvalue weighted by molar-refractivity contribution is -0.155. The van der Waals surface area contributed by atoms with Crippen LogP contribution in [0, 0.1) is 11.8 Å². The molecule has 0 aromatic carbocycles. The number of unbranched alkanes of at least 4 members (excludes halogenated alkanes) is 4. The van der Waals surface area contributed by atoms with Crippen LogP contribution in [0.25, 0.3) is 0 Å². The molecule has 3 saturated heterocycles. The Kier molecular flexibility index (Phi) is 10.0. The summed E-state index contributed by atoms with van der Waals surface area (Å²) in [7, 11) is 0. The number of amides is 2. The molecule has 212 valence electrons. The van der Waals surface area contributed by atoms with Gasteiger partial charge in [-0.3, -0.25) is 14.4 Å². The normalized spacial score (nSPS) is 30.3. The van der Waals surface area contributed by atoms with Crippen molar-refractivity contribution in [3.8, 4) is 0 Å². The molecule has 2 unspecified atom stereocenters. The van der Waals surface area contributed by atoms with Gasteiger partial charge in [0.05, 0.1) is 24.5 Å². The standard InChI is InChI=1S/C30H46N2O6/c1-3-5-6-13-21-37-29(36)24-23-16-17-30(38-23)25(24)27(34)32(19-11-8-12-20-33)26(30)28(35)31(18-4-2)22-14-9-7-10-15-22/h3-4,22-26,33H,1-2,5-21H2/t23-,24+,25-,26?,30?/m0/s1. The summed E-state index contributed by atoms with van der Waals surface area (Å²) in [6.45, 7) is 8.89. The minimum atomic E-state index is -0.990. The number of hydrogen-bond acceptors (Lipinski definition) is 6. The topological polar surface area (TPSA) is 96.4 Å². The van der Waals surface area contributed by atoms with Gasteiger partial charge in [0.25, 0.3) is 0 Å². The fraction of sp³-hybridized carbons (Fsp3) is 0.767. The predicted molar refractivity (Wildman–Crippen MR) is 144 cm³/mol. The quantitative estimate of drug-likeness (QED) is 0.197. The number of aliphatic hydroxyl groups is 1. The predicted octanol–water partition coefficient (Wildman–Crippen LogP) is 3.77. The highest BCUT2D eigenvalue weighted by atomic mass is 16.6. The maximum Gasteiger partial charge on any atom is 0.312 e. The molecule has 4 aliphatic rings. The van der Waals surface area contributed by atoms with Crippen molar-refractivity contribution in [2.45, 2.75) is 107 Å². The van der Waals surface area contributed by atoms with Gasteiger partial charge in [0.15, 0.2) is 0 Å². The van der Waals surface area contributed by atoms with Gasteiger partial charge in [-0.25, -0.2) is 0 Å². The number of hydrogen-bond donors (Lipinski definition) is 1. The van der Waals surface area contributed by atoms with Crippen molar-refractivity contribution in [2.24, 2.45) is 11.8 Å². The zero-order valence-corrected chi connectivity index (χ0v) is 22.9. The SMILES string of the molecule is C=CCCCCOC(=O)[C@@H]1[C@@H]2CCC3(O2)C(C(=O)N(CC=C)C2CCCCC2)N(CCCCCO)C(=O)[C@H]13. The first-order chi connectivity index (χ1) is 18.5. The number of fused-ring (bicyclic) bond motifs is 1. The Morgan fingerprint density at radius 2 is 1.87 bits per heavy atom. The summed E-state index contributed by atoms with van der Waals surface area (Å²) < 4.78 is 12.2. The number of nitrogens with zero attached hydrogens (tertiary/aromatic N) is 2. The average Bonchev–Trinajstić information content (AvgIpc) is 3.57. The van der Waals surface area contributed by atoms with Gasteiger partial charge in [0, 0.05) is 25.7 Å². The monoisotopic (exact) mass is 530 g/mol. The molecule has 8 nitrogen and oxygen atoms in total. The molecular formula is C30H46N2O6. The van der Waals surface area contributed by atoms with Crippen molar-refractivity contribution in [1.29, 1.82) is 0 Å². The van der Waals surface area contributed by atoms with Gasteiger partial charge >= 0.3 is 5.97 Å². The van der Waals surface area contributed by atoms with E-state index in [-0.39, 0.29) is 36.5 Å². The van der Waals surface area contributed by atoms with Gasteiger partial charge in [-0.05, 0) is 64.2 Å². The summed E-state index contributed by atoms with van der Waals surface area (Å²) in [5, 5.41) is 9.23. The molecule has 1 saturated carbocycles. The summed E-state index contributed by atoms with van der Waals surface area (Å²) >= 11 is 0. The van der Waals surface area contributed by atoms with Gasteiger partial charge in [0.1, 0.15) is 11.6 Å². The van der Waals surface area contributed by atoms with Crippen molar-refractivity contribution >= 4 is 17.8 Å². The van der Waals surface area contributed by atoms with E-state index in [0.717, 1.165) is 51.4 Å². The summed E-state index contributed by atoms with van der Waals surface area (Å²) in [6, 6.07) is -0.614. The van der Waals surface area contributed by atoms with Gasteiger partial charge in [-0.15, -0.1) is 13.2 Å². The lowest BCUT2D eigenvalue weighted by Crippen LogP contribution is -2.58. The molecular weight excluding hydrogens is 484 g/mol. The molecule has 0 radical (unpaired) electrons. The van der Waals surface area contributed by atoms with Crippen LogP contribution in [0.15, 0.2) is 25.3 Å². The molecule has 0 aromatic heterocycles. The minimum Gasteiger partial charge on any atom is -0.465 e. The van der Waals surface area contributed by atoms with Crippen molar-refractivity contribution in [1.82, 2.24) is 9.80 Å². The van der Waals surface area contributed by atoms with Crippen LogP contribution in [0.3, 0.4) is 0 Å². The number of ether oxygens (including phenoxy) is 2.